The molecule has 4 rings (SSSR count). The number of nitrogens with one attached hydrogen (secondary N) is 1. The average molecular weight is 402 g/mol. The Balaban J connectivity index is 1.43. The Labute approximate surface area is 166 Å². The zero-order valence-corrected chi connectivity index (χ0v) is 15.8. The van der Waals surface area contributed by atoms with Gasteiger partial charge in [-0.25, -0.2) is 8.78 Å². The lowest BCUT2D eigenvalue weighted by molar-refractivity contribution is -0.126. The van der Waals surface area contributed by atoms with Crippen LogP contribution in [0.5, 0.6) is 11.5 Å². The first-order valence-corrected chi connectivity index (χ1v) is 9.37. The normalized spacial score (nSPS) is 19.2. The van der Waals surface area contributed by atoms with E-state index < -0.39 is 23.6 Å². The summed E-state index contributed by atoms with van der Waals surface area (Å²) < 4.78 is 37.6. The lowest BCUT2D eigenvalue weighted by atomic mass is 10.0. The molecule has 1 N–H and O–H groups in total. The van der Waals surface area contributed by atoms with E-state index in [4.69, 9.17) is 9.47 Å². The van der Waals surface area contributed by atoms with E-state index in [-0.39, 0.29) is 24.8 Å². The molecule has 0 spiro atoms. The van der Waals surface area contributed by atoms with Gasteiger partial charge in [-0.15, -0.1) is 0 Å². The van der Waals surface area contributed by atoms with Crippen LogP contribution in [0, 0.1) is 17.6 Å². The number of nitrogens with zero attached hydrogens (tertiary/aromatic N) is 1. The Kier molecular flexibility index (Phi) is 5.08. The van der Waals surface area contributed by atoms with Crippen molar-refractivity contribution in [2.24, 2.45) is 5.92 Å². The largest absolute Gasteiger partial charge is 0.486 e. The number of benzene rings is 2. The molecule has 2 aromatic rings. The van der Waals surface area contributed by atoms with Crippen molar-refractivity contribution in [1.29, 1.82) is 0 Å². The van der Waals surface area contributed by atoms with Crippen LogP contribution in [0.4, 0.5) is 14.5 Å². The first-order valence-electron chi connectivity index (χ1n) is 9.37. The van der Waals surface area contributed by atoms with Crippen molar-refractivity contribution in [2.75, 3.05) is 24.7 Å². The third-order valence-electron chi connectivity index (χ3n) is 5.14. The summed E-state index contributed by atoms with van der Waals surface area (Å²) in [5.74, 6) is -1.72. The maximum atomic E-state index is 13.4. The Bertz CT molecular complexity index is 966. The second-order valence-corrected chi connectivity index (χ2v) is 7.14. The molecular weight excluding hydrogens is 382 g/mol. The molecule has 1 fully saturated rings. The topological polar surface area (TPSA) is 67.9 Å². The fourth-order valence-electron chi connectivity index (χ4n) is 3.53. The highest BCUT2D eigenvalue weighted by atomic mass is 19.2. The minimum absolute atomic E-state index is 0.0742. The second kappa shape index (κ2) is 7.69. The van der Waals surface area contributed by atoms with E-state index in [0.29, 0.717) is 36.0 Å². The second-order valence-electron chi connectivity index (χ2n) is 7.14. The minimum atomic E-state index is -0.968. The van der Waals surface area contributed by atoms with Crippen LogP contribution in [0.3, 0.4) is 0 Å². The van der Waals surface area contributed by atoms with Gasteiger partial charge in [0, 0.05) is 24.7 Å². The zero-order chi connectivity index (χ0) is 20.5. The Morgan fingerprint density at radius 3 is 2.62 bits per heavy atom. The van der Waals surface area contributed by atoms with Gasteiger partial charge in [0.15, 0.2) is 23.1 Å². The molecule has 6 nitrogen and oxygen atoms in total. The first-order chi connectivity index (χ1) is 13.9. The highest BCUT2D eigenvalue weighted by molar-refractivity contribution is 6.00. The van der Waals surface area contributed by atoms with Crippen LogP contribution in [0.25, 0.3) is 0 Å². The summed E-state index contributed by atoms with van der Waals surface area (Å²) in [4.78, 5) is 26.7. The molecule has 2 atom stereocenters. The van der Waals surface area contributed by atoms with Crippen molar-refractivity contribution in [3.05, 3.63) is 53.6 Å². The molecule has 8 heteroatoms. The van der Waals surface area contributed by atoms with Crippen molar-refractivity contribution >= 4 is 17.5 Å². The molecule has 2 aliphatic rings. The fourth-order valence-corrected chi connectivity index (χ4v) is 3.53. The SMILES string of the molecule is CC(NC(=O)C1CC(=O)N(c2ccc3c(c2)OCCO3)C1)c1ccc(F)c(F)c1. The number of halogens is 2. The number of ether oxygens (including phenoxy) is 2. The molecule has 2 amide bonds. The summed E-state index contributed by atoms with van der Waals surface area (Å²) in [6.07, 6.45) is 0.0742. The zero-order valence-electron chi connectivity index (χ0n) is 15.8. The maximum Gasteiger partial charge on any atom is 0.227 e. The van der Waals surface area contributed by atoms with Gasteiger partial charge in [-0.1, -0.05) is 6.07 Å². The number of carbonyl (C=O) groups is 2. The molecular formula is C21H20F2N2O4. The van der Waals surface area contributed by atoms with Gasteiger partial charge in [-0.3, -0.25) is 9.59 Å². The lowest BCUT2D eigenvalue weighted by Crippen LogP contribution is -2.34. The summed E-state index contributed by atoms with van der Waals surface area (Å²) in [6.45, 7) is 2.83. The summed E-state index contributed by atoms with van der Waals surface area (Å²) in [5, 5.41) is 2.78. The summed E-state index contributed by atoms with van der Waals surface area (Å²) in [6, 6.07) is 8.22. The minimum Gasteiger partial charge on any atom is -0.486 e. The van der Waals surface area contributed by atoms with Crippen molar-refractivity contribution in [2.45, 2.75) is 19.4 Å². The van der Waals surface area contributed by atoms with Gasteiger partial charge in [0.05, 0.1) is 12.0 Å². The number of fused-ring (bicyclic) bond motifs is 1. The molecule has 0 aromatic heterocycles. The van der Waals surface area contributed by atoms with Gasteiger partial charge in [-0.2, -0.15) is 0 Å². The van der Waals surface area contributed by atoms with Crippen LogP contribution in [0.1, 0.15) is 24.9 Å². The fraction of sp³-hybridized carbons (Fsp3) is 0.333. The number of amides is 2. The predicted molar refractivity (Wildman–Crippen MR) is 101 cm³/mol. The molecule has 29 heavy (non-hydrogen) atoms. The van der Waals surface area contributed by atoms with E-state index in [1.807, 2.05) is 0 Å². The Hall–Kier alpha value is -3.16. The van der Waals surface area contributed by atoms with Gasteiger partial charge in [0.2, 0.25) is 11.8 Å². The number of hydrogen-bond donors (Lipinski definition) is 1. The van der Waals surface area contributed by atoms with E-state index in [1.54, 1.807) is 30.0 Å². The van der Waals surface area contributed by atoms with E-state index in [9.17, 15) is 18.4 Å². The number of carbonyl (C=O) groups excluding carboxylic acids is 2. The smallest absolute Gasteiger partial charge is 0.227 e. The van der Waals surface area contributed by atoms with Crippen molar-refractivity contribution in [1.82, 2.24) is 5.32 Å². The molecule has 2 heterocycles. The first kappa shape index (κ1) is 19.2. The van der Waals surface area contributed by atoms with E-state index in [2.05, 4.69) is 5.32 Å². The van der Waals surface area contributed by atoms with Gasteiger partial charge in [0.25, 0.3) is 0 Å². The van der Waals surface area contributed by atoms with Gasteiger partial charge in [-0.05, 0) is 36.8 Å². The molecule has 2 aliphatic heterocycles. The van der Waals surface area contributed by atoms with Gasteiger partial charge >= 0.3 is 0 Å². The predicted octanol–water partition coefficient (Wildman–Crippen LogP) is 2.97. The van der Waals surface area contributed by atoms with Crippen LogP contribution in [-0.4, -0.2) is 31.6 Å². The highest BCUT2D eigenvalue weighted by Crippen LogP contribution is 2.36. The number of hydrogen-bond acceptors (Lipinski definition) is 4. The number of rotatable bonds is 4. The Morgan fingerprint density at radius 1 is 1.10 bits per heavy atom. The number of anilines is 1. The Morgan fingerprint density at radius 2 is 1.86 bits per heavy atom. The van der Waals surface area contributed by atoms with Crippen molar-refractivity contribution in [3.8, 4) is 11.5 Å². The third kappa shape index (κ3) is 3.87. The van der Waals surface area contributed by atoms with E-state index in [1.165, 1.54) is 6.07 Å². The summed E-state index contributed by atoms with van der Waals surface area (Å²) in [5.41, 5.74) is 1.09. The van der Waals surface area contributed by atoms with E-state index >= 15 is 0 Å². The van der Waals surface area contributed by atoms with Crippen LogP contribution in [0.2, 0.25) is 0 Å². The van der Waals surface area contributed by atoms with Gasteiger partial charge in [0.1, 0.15) is 13.2 Å². The molecule has 2 aromatic carbocycles. The highest BCUT2D eigenvalue weighted by Gasteiger charge is 2.36. The molecule has 152 valence electrons. The van der Waals surface area contributed by atoms with Crippen LogP contribution >= 0.6 is 0 Å². The standard InChI is InChI=1S/C21H20F2N2O4/c1-12(13-2-4-16(22)17(23)8-13)24-21(27)14-9-20(26)25(11-14)15-3-5-18-19(10-15)29-7-6-28-18/h2-5,8,10,12,14H,6-7,9,11H2,1H3,(H,24,27). The van der Waals surface area contributed by atoms with E-state index in [0.717, 1.165) is 12.1 Å². The summed E-state index contributed by atoms with van der Waals surface area (Å²) >= 11 is 0. The maximum absolute atomic E-state index is 13.4. The molecule has 0 saturated carbocycles. The third-order valence-corrected chi connectivity index (χ3v) is 5.14. The van der Waals surface area contributed by atoms with Crippen LogP contribution in [-0.2, 0) is 9.59 Å². The monoisotopic (exact) mass is 402 g/mol. The van der Waals surface area contributed by atoms with Crippen molar-refractivity contribution in [3.63, 3.8) is 0 Å². The van der Waals surface area contributed by atoms with Gasteiger partial charge < -0.3 is 19.7 Å². The molecule has 0 bridgehead atoms. The summed E-state index contributed by atoms with van der Waals surface area (Å²) in [7, 11) is 0. The lowest BCUT2D eigenvalue weighted by Gasteiger charge is -2.22. The quantitative estimate of drug-likeness (QED) is 0.854. The van der Waals surface area contributed by atoms with Crippen LogP contribution in [0.15, 0.2) is 36.4 Å². The molecule has 0 aliphatic carbocycles. The molecule has 0 radical (unpaired) electrons. The molecule has 1 saturated heterocycles. The van der Waals surface area contributed by atoms with Crippen LogP contribution < -0.4 is 19.7 Å². The van der Waals surface area contributed by atoms with Crippen molar-refractivity contribution < 1.29 is 27.8 Å². The molecule has 2 unspecified atom stereocenters. The average Bonchev–Trinajstić information content (AvgIpc) is 3.11.